The Morgan fingerprint density at radius 1 is 1.06 bits per heavy atom. The monoisotopic (exact) mass is 444 g/mol. The van der Waals surface area contributed by atoms with Gasteiger partial charge >= 0.3 is 11.9 Å². The van der Waals surface area contributed by atoms with E-state index in [0.29, 0.717) is 12.0 Å². The summed E-state index contributed by atoms with van der Waals surface area (Å²) in [6, 6.07) is 0. The summed E-state index contributed by atoms with van der Waals surface area (Å²) in [7, 11) is 1.30. The summed E-state index contributed by atoms with van der Waals surface area (Å²) in [5, 5.41) is 8.24. The van der Waals surface area contributed by atoms with Crippen LogP contribution < -0.4 is 0 Å². The molecule has 6 nitrogen and oxygen atoms in total. The van der Waals surface area contributed by atoms with Crippen LogP contribution in [0.2, 0.25) is 0 Å². The van der Waals surface area contributed by atoms with E-state index in [-0.39, 0.29) is 11.2 Å². The van der Waals surface area contributed by atoms with Crippen LogP contribution in [-0.4, -0.2) is 48.1 Å². The van der Waals surface area contributed by atoms with Crippen molar-refractivity contribution in [1.29, 1.82) is 0 Å². The molecular formula is C26H36O6. The summed E-state index contributed by atoms with van der Waals surface area (Å²) >= 11 is 0. The molecular weight excluding hydrogens is 408 g/mol. The lowest BCUT2D eigenvalue weighted by atomic mass is 9.71. The van der Waals surface area contributed by atoms with Gasteiger partial charge in [-0.25, -0.2) is 9.59 Å². The van der Waals surface area contributed by atoms with E-state index in [9.17, 15) is 9.59 Å². The van der Waals surface area contributed by atoms with Crippen LogP contribution in [0.1, 0.15) is 52.9 Å². The van der Waals surface area contributed by atoms with Crippen molar-refractivity contribution >= 4 is 11.9 Å². The largest absolute Gasteiger partial charge is 0.478 e. The second-order valence-corrected chi connectivity index (χ2v) is 8.81. The molecule has 2 aliphatic heterocycles. The molecule has 1 aliphatic carbocycles. The van der Waals surface area contributed by atoms with Gasteiger partial charge in [0.1, 0.15) is 0 Å². The SMILES string of the molecule is CC(C)=CCC1OC1(C)C1CCCCC12CO2.COC(=O)/C=C/C=C/C=C/C=C/C(=O)O. The number of aliphatic carboxylic acids is 1. The van der Waals surface area contributed by atoms with E-state index in [1.165, 1.54) is 56.6 Å². The molecule has 0 amide bonds. The first kappa shape index (κ1) is 25.8. The van der Waals surface area contributed by atoms with Crippen LogP contribution in [0.5, 0.6) is 0 Å². The highest BCUT2D eigenvalue weighted by Gasteiger charge is 2.67. The molecule has 2 heterocycles. The number of esters is 1. The molecule has 0 aromatic heterocycles. The van der Waals surface area contributed by atoms with Gasteiger partial charge in [0.05, 0.1) is 31.0 Å². The molecule has 4 unspecified atom stereocenters. The molecule has 1 spiro atoms. The lowest BCUT2D eigenvalue weighted by molar-refractivity contribution is -0.135. The third-order valence-corrected chi connectivity index (χ3v) is 6.13. The van der Waals surface area contributed by atoms with Crippen molar-refractivity contribution in [2.24, 2.45) is 5.92 Å². The number of carboxylic acids is 1. The molecule has 6 heteroatoms. The van der Waals surface area contributed by atoms with Gasteiger partial charge in [0.25, 0.3) is 0 Å². The summed E-state index contributed by atoms with van der Waals surface area (Å²) < 4.78 is 16.2. The summed E-state index contributed by atoms with van der Waals surface area (Å²) in [6.45, 7) is 7.60. The van der Waals surface area contributed by atoms with Crippen LogP contribution in [0.15, 0.2) is 60.3 Å². The molecule has 0 aromatic carbocycles. The Morgan fingerprint density at radius 3 is 2.25 bits per heavy atom. The summed E-state index contributed by atoms with van der Waals surface area (Å²) in [5.41, 5.74) is 1.71. The van der Waals surface area contributed by atoms with Crippen molar-refractivity contribution in [2.75, 3.05) is 13.7 Å². The van der Waals surface area contributed by atoms with E-state index in [1.54, 1.807) is 24.3 Å². The Morgan fingerprint density at radius 2 is 1.69 bits per heavy atom. The number of rotatable bonds is 8. The number of epoxide rings is 2. The third kappa shape index (κ3) is 7.92. The smallest absolute Gasteiger partial charge is 0.330 e. The molecule has 1 saturated carbocycles. The second-order valence-electron chi connectivity index (χ2n) is 8.81. The normalized spacial score (nSPS) is 31.1. The van der Waals surface area contributed by atoms with Crippen molar-refractivity contribution in [3.63, 3.8) is 0 Å². The number of carbonyl (C=O) groups excluding carboxylic acids is 1. The summed E-state index contributed by atoms with van der Waals surface area (Å²) in [5.74, 6) is -0.775. The molecule has 0 aromatic rings. The van der Waals surface area contributed by atoms with Gasteiger partial charge in [0.2, 0.25) is 0 Å². The van der Waals surface area contributed by atoms with Crippen molar-refractivity contribution in [3.05, 3.63) is 60.3 Å². The molecule has 0 radical (unpaired) electrons. The maximum Gasteiger partial charge on any atom is 0.330 e. The van der Waals surface area contributed by atoms with Gasteiger partial charge in [-0.3, -0.25) is 0 Å². The Hall–Kier alpha value is -2.44. The average Bonchev–Trinajstić information content (AvgIpc) is 3.66. The fourth-order valence-corrected chi connectivity index (χ4v) is 4.26. The molecule has 3 fully saturated rings. The predicted octanol–water partition coefficient (Wildman–Crippen LogP) is 4.93. The van der Waals surface area contributed by atoms with Crippen LogP contribution in [-0.2, 0) is 23.8 Å². The fourth-order valence-electron chi connectivity index (χ4n) is 4.26. The lowest BCUT2D eigenvalue weighted by Crippen LogP contribution is -2.39. The third-order valence-electron chi connectivity index (χ3n) is 6.13. The molecule has 1 N–H and O–H groups in total. The van der Waals surface area contributed by atoms with Gasteiger partial charge in [0.15, 0.2) is 0 Å². The van der Waals surface area contributed by atoms with E-state index in [2.05, 4.69) is 31.6 Å². The Kier molecular flexibility index (Phi) is 9.66. The first-order valence-corrected chi connectivity index (χ1v) is 11.2. The minimum Gasteiger partial charge on any atom is -0.478 e. The van der Waals surface area contributed by atoms with Crippen LogP contribution in [0.4, 0.5) is 0 Å². The quantitative estimate of drug-likeness (QED) is 0.188. The first-order valence-electron chi connectivity index (χ1n) is 11.2. The number of hydrogen-bond acceptors (Lipinski definition) is 5. The first-order chi connectivity index (χ1) is 15.2. The predicted molar refractivity (Wildman–Crippen MR) is 124 cm³/mol. The highest BCUT2D eigenvalue weighted by molar-refractivity contribution is 5.82. The highest BCUT2D eigenvalue weighted by Crippen LogP contribution is 2.58. The number of hydrogen-bond donors (Lipinski definition) is 1. The molecule has 32 heavy (non-hydrogen) atoms. The van der Waals surface area contributed by atoms with Crippen LogP contribution >= 0.6 is 0 Å². The van der Waals surface area contributed by atoms with Crippen LogP contribution in [0, 0.1) is 5.92 Å². The molecule has 0 bridgehead atoms. The van der Waals surface area contributed by atoms with Crippen molar-refractivity contribution < 1.29 is 28.9 Å². The minimum atomic E-state index is -0.991. The maximum absolute atomic E-state index is 10.6. The maximum atomic E-state index is 10.6. The van der Waals surface area contributed by atoms with Crippen LogP contribution in [0.3, 0.4) is 0 Å². The number of methoxy groups -OCH3 is 1. The number of carboxylic acid groups (broad SMARTS) is 1. The van der Waals surface area contributed by atoms with E-state index in [4.69, 9.17) is 14.6 Å². The standard InChI is InChI=1S/C15H24O2.C11H12O4/c1-11(2)7-8-13-14(3,17-13)12-6-4-5-9-15(12)10-16-15;1-15-11(14)9-7-5-3-2-4-6-8-10(12)13/h7,12-13H,4-6,8-10H2,1-3H3;2-9H,1H3,(H,12,13)/b;4-2+,5-3+,8-6+,9-7+. The zero-order chi connectivity index (χ0) is 23.6. The Balaban J connectivity index is 0.000000230. The van der Waals surface area contributed by atoms with E-state index >= 15 is 0 Å². The van der Waals surface area contributed by atoms with Crippen LogP contribution in [0.25, 0.3) is 0 Å². The average molecular weight is 445 g/mol. The Labute approximate surface area is 191 Å². The lowest BCUT2D eigenvalue weighted by Gasteiger charge is -2.32. The van der Waals surface area contributed by atoms with E-state index in [0.717, 1.165) is 19.1 Å². The Bertz CT molecular complexity index is 795. The van der Waals surface area contributed by atoms with Crippen molar-refractivity contribution in [1.82, 2.24) is 0 Å². The second kappa shape index (κ2) is 12.0. The molecule has 4 atom stereocenters. The van der Waals surface area contributed by atoms with Crippen molar-refractivity contribution in [2.45, 2.75) is 70.2 Å². The van der Waals surface area contributed by atoms with Gasteiger partial charge in [-0.1, -0.05) is 60.9 Å². The number of ether oxygens (including phenoxy) is 3. The minimum absolute atomic E-state index is 0.100. The molecule has 2 saturated heterocycles. The van der Waals surface area contributed by atoms with Gasteiger partial charge < -0.3 is 19.3 Å². The molecule has 3 rings (SSSR count). The summed E-state index contributed by atoms with van der Waals surface area (Å²) in [6.07, 6.45) is 20.8. The van der Waals surface area contributed by atoms with Gasteiger partial charge in [0, 0.05) is 18.1 Å². The van der Waals surface area contributed by atoms with Crippen molar-refractivity contribution in [3.8, 4) is 0 Å². The molecule has 3 aliphatic rings. The van der Waals surface area contributed by atoms with Gasteiger partial charge in [-0.2, -0.15) is 0 Å². The topological polar surface area (TPSA) is 88.7 Å². The number of carbonyl (C=O) groups is 2. The zero-order valence-electron chi connectivity index (χ0n) is 19.6. The van der Waals surface area contributed by atoms with E-state index < -0.39 is 11.9 Å². The van der Waals surface area contributed by atoms with Gasteiger partial charge in [-0.15, -0.1) is 0 Å². The molecule has 176 valence electrons. The van der Waals surface area contributed by atoms with Gasteiger partial charge in [-0.05, 0) is 40.0 Å². The fraction of sp³-hybridized carbons (Fsp3) is 0.538. The van der Waals surface area contributed by atoms with E-state index in [1.807, 2.05) is 0 Å². The zero-order valence-corrected chi connectivity index (χ0v) is 19.6. The highest BCUT2D eigenvalue weighted by atomic mass is 16.6. The summed E-state index contributed by atoms with van der Waals surface area (Å²) in [4.78, 5) is 20.6. The number of allylic oxidation sites excluding steroid dienone is 7.